The number of nitrogens with zero attached hydrogens (tertiary/aromatic N) is 3. The third kappa shape index (κ3) is 2.87. The molecule has 2 fully saturated rings. The first kappa shape index (κ1) is 13.9. The van der Waals surface area contributed by atoms with Gasteiger partial charge in [-0.3, -0.25) is 4.79 Å². The third-order valence-electron chi connectivity index (χ3n) is 4.60. The Morgan fingerprint density at radius 1 is 1.24 bits per heavy atom. The van der Waals surface area contributed by atoms with Crippen LogP contribution in [0.4, 0.5) is 5.69 Å². The molecule has 110 valence electrons. The van der Waals surface area contributed by atoms with Crippen LogP contribution in [0.15, 0.2) is 24.3 Å². The van der Waals surface area contributed by atoms with Crippen LogP contribution in [0.5, 0.6) is 0 Å². The van der Waals surface area contributed by atoms with E-state index in [2.05, 4.69) is 17.9 Å². The number of amides is 1. The molecule has 1 aliphatic carbocycles. The van der Waals surface area contributed by atoms with Crippen molar-refractivity contribution in [1.82, 2.24) is 4.90 Å². The number of carbonyl (C=O) groups is 1. The SMILES string of the molecule is C[C@H]1C[C@H]1C(=O)N1CCCN(c2ccccc2C#N)CC1. The number of anilines is 1. The van der Waals surface area contributed by atoms with Crippen LogP contribution in [0, 0.1) is 23.2 Å². The van der Waals surface area contributed by atoms with Crippen LogP contribution in [0.25, 0.3) is 0 Å². The van der Waals surface area contributed by atoms with E-state index in [9.17, 15) is 10.1 Å². The lowest BCUT2D eigenvalue weighted by Crippen LogP contribution is -2.36. The van der Waals surface area contributed by atoms with Crippen molar-refractivity contribution >= 4 is 11.6 Å². The van der Waals surface area contributed by atoms with Gasteiger partial charge in [-0.1, -0.05) is 19.1 Å². The van der Waals surface area contributed by atoms with Crippen LogP contribution in [0.2, 0.25) is 0 Å². The molecule has 0 unspecified atom stereocenters. The number of hydrogen-bond acceptors (Lipinski definition) is 3. The molecule has 0 spiro atoms. The molecule has 1 saturated heterocycles. The van der Waals surface area contributed by atoms with Crippen LogP contribution >= 0.6 is 0 Å². The number of nitriles is 1. The average Bonchev–Trinajstić information content (AvgIpc) is 3.28. The van der Waals surface area contributed by atoms with Gasteiger partial charge in [0.15, 0.2) is 0 Å². The maximum Gasteiger partial charge on any atom is 0.226 e. The van der Waals surface area contributed by atoms with E-state index in [1.165, 1.54) is 0 Å². The smallest absolute Gasteiger partial charge is 0.226 e. The normalized spacial score (nSPS) is 25.1. The Kier molecular flexibility index (Phi) is 3.83. The Hall–Kier alpha value is -2.02. The molecule has 1 aromatic carbocycles. The molecular weight excluding hydrogens is 262 g/mol. The molecule has 21 heavy (non-hydrogen) atoms. The second-order valence-electron chi connectivity index (χ2n) is 6.11. The Morgan fingerprint density at radius 3 is 2.71 bits per heavy atom. The van der Waals surface area contributed by atoms with Crippen molar-refractivity contribution in [2.45, 2.75) is 19.8 Å². The molecule has 2 atom stereocenters. The molecule has 0 aromatic heterocycles. The summed E-state index contributed by atoms with van der Waals surface area (Å²) in [5.41, 5.74) is 1.71. The second-order valence-corrected chi connectivity index (χ2v) is 6.11. The minimum Gasteiger partial charge on any atom is -0.369 e. The summed E-state index contributed by atoms with van der Waals surface area (Å²) in [5, 5.41) is 9.23. The lowest BCUT2D eigenvalue weighted by Gasteiger charge is -2.24. The van der Waals surface area contributed by atoms with E-state index < -0.39 is 0 Å². The van der Waals surface area contributed by atoms with Gasteiger partial charge >= 0.3 is 0 Å². The highest BCUT2D eigenvalue weighted by atomic mass is 16.2. The van der Waals surface area contributed by atoms with E-state index in [1.54, 1.807) is 0 Å². The summed E-state index contributed by atoms with van der Waals surface area (Å²) in [7, 11) is 0. The molecule has 1 heterocycles. The van der Waals surface area contributed by atoms with Crippen LogP contribution in [-0.2, 0) is 4.79 Å². The van der Waals surface area contributed by atoms with Gasteiger partial charge in [-0.05, 0) is 30.9 Å². The third-order valence-corrected chi connectivity index (χ3v) is 4.60. The lowest BCUT2D eigenvalue weighted by atomic mass is 10.1. The number of hydrogen-bond donors (Lipinski definition) is 0. The summed E-state index contributed by atoms with van der Waals surface area (Å²) < 4.78 is 0. The van der Waals surface area contributed by atoms with Crippen LogP contribution in [-0.4, -0.2) is 37.0 Å². The summed E-state index contributed by atoms with van der Waals surface area (Å²) >= 11 is 0. The quantitative estimate of drug-likeness (QED) is 0.836. The average molecular weight is 283 g/mol. The van der Waals surface area contributed by atoms with E-state index >= 15 is 0 Å². The molecule has 1 amide bonds. The largest absolute Gasteiger partial charge is 0.369 e. The predicted octanol–water partition coefficient (Wildman–Crippen LogP) is 2.25. The van der Waals surface area contributed by atoms with Crippen molar-refractivity contribution in [3.05, 3.63) is 29.8 Å². The standard InChI is InChI=1S/C17H21N3O/c1-13-11-15(13)17(21)20-8-4-7-19(9-10-20)16-6-3-2-5-14(16)12-18/h2-3,5-6,13,15H,4,7-11H2,1H3/t13-,15+/m0/s1. The van der Waals surface area contributed by atoms with E-state index in [0.29, 0.717) is 17.4 Å². The van der Waals surface area contributed by atoms with Crippen molar-refractivity contribution < 1.29 is 4.79 Å². The monoisotopic (exact) mass is 283 g/mol. The summed E-state index contributed by atoms with van der Waals surface area (Å²) in [6.45, 7) is 5.47. The van der Waals surface area contributed by atoms with Crippen LogP contribution in [0.1, 0.15) is 25.3 Å². The van der Waals surface area contributed by atoms with Gasteiger partial charge in [-0.25, -0.2) is 0 Å². The highest BCUT2D eigenvalue weighted by Gasteiger charge is 2.41. The predicted molar refractivity (Wildman–Crippen MR) is 81.8 cm³/mol. The molecule has 0 radical (unpaired) electrons. The van der Waals surface area contributed by atoms with E-state index in [1.807, 2.05) is 29.2 Å². The molecule has 0 N–H and O–H groups in total. The van der Waals surface area contributed by atoms with E-state index in [-0.39, 0.29) is 5.92 Å². The maximum absolute atomic E-state index is 12.3. The maximum atomic E-state index is 12.3. The Balaban J connectivity index is 1.68. The van der Waals surface area contributed by atoms with Crippen molar-refractivity contribution in [2.75, 3.05) is 31.1 Å². The highest BCUT2D eigenvalue weighted by Crippen LogP contribution is 2.39. The minimum absolute atomic E-state index is 0.267. The van der Waals surface area contributed by atoms with E-state index in [4.69, 9.17) is 0 Å². The first-order valence-corrected chi connectivity index (χ1v) is 7.73. The summed E-state index contributed by atoms with van der Waals surface area (Å²) in [6.07, 6.45) is 2.02. The van der Waals surface area contributed by atoms with Gasteiger partial charge in [0.2, 0.25) is 5.91 Å². The molecule has 4 heteroatoms. The van der Waals surface area contributed by atoms with Crippen LogP contribution in [0.3, 0.4) is 0 Å². The van der Waals surface area contributed by atoms with Gasteiger partial charge in [-0.2, -0.15) is 5.26 Å². The molecule has 1 aliphatic heterocycles. The van der Waals surface area contributed by atoms with Gasteiger partial charge in [0.25, 0.3) is 0 Å². The van der Waals surface area contributed by atoms with Crippen molar-refractivity contribution in [3.63, 3.8) is 0 Å². The molecule has 1 aromatic rings. The Labute approximate surface area is 126 Å². The van der Waals surface area contributed by atoms with Gasteiger partial charge in [-0.15, -0.1) is 0 Å². The number of carbonyl (C=O) groups excluding carboxylic acids is 1. The Morgan fingerprint density at radius 2 is 2.00 bits per heavy atom. The first-order chi connectivity index (χ1) is 10.2. The molecule has 0 bridgehead atoms. The Bertz CT molecular complexity index is 578. The number of para-hydroxylation sites is 1. The first-order valence-electron chi connectivity index (χ1n) is 7.73. The fourth-order valence-corrected chi connectivity index (χ4v) is 3.12. The minimum atomic E-state index is 0.267. The molecule has 3 rings (SSSR count). The fourth-order valence-electron chi connectivity index (χ4n) is 3.12. The highest BCUT2D eigenvalue weighted by molar-refractivity contribution is 5.81. The fraction of sp³-hybridized carbons (Fsp3) is 0.529. The number of benzene rings is 1. The van der Waals surface area contributed by atoms with Gasteiger partial charge in [0, 0.05) is 32.1 Å². The summed E-state index contributed by atoms with van der Waals surface area (Å²) in [6, 6.07) is 9.98. The zero-order valence-corrected chi connectivity index (χ0v) is 12.5. The zero-order valence-electron chi connectivity index (χ0n) is 12.5. The van der Waals surface area contributed by atoms with Gasteiger partial charge in [0.05, 0.1) is 11.3 Å². The molecular formula is C17H21N3O. The second kappa shape index (κ2) is 5.77. The van der Waals surface area contributed by atoms with E-state index in [0.717, 1.165) is 44.7 Å². The van der Waals surface area contributed by atoms with Crippen LogP contribution < -0.4 is 4.90 Å². The molecule has 1 saturated carbocycles. The summed E-state index contributed by atoms with van der Waals surface area (Å²) in [5.74, 6) is 1.16. The topological polar surface area (TPSA) is 47.3 Å². The molecule has 4 nitrogen and oxygen atoms in total. The van der Waals surface area contributed by atoms with Crippen molar-refractivity contribution in [3.8, 4) is 6.07 Å². The van der Waals surface area contributed by atoms with Crippen molar-refractivity contribution in [1.29, 1.82) is 5.26 Å². The molecule has 2 aliphatic rings. The van der Waals surface area contributed by atoms with Gasteiger partial charge in [0.1, 0.15) is 6.07 Å². The number of rotatable bonds is 2. The zero-order chi connectivity index (χ0) is 14.8. The van der Waals surface area contributed by atoms with Gasteiger partial charge < -0.3 is 9.80 Å². The van der Waals surface area contributed by atoms with Crippen molar-refractivity contribution in [2.24, 2.45) is 11.8 Å². The summed E-state index contributed by atoms with van der Waals surface area (Å²) in [4.78, 5) is 16.6. The lowest BCUT2D eigenvalue weighted by molar-refractivity contribution is -0.132.